The number of hydrogen-bond donors (Lipinski definition) is 2. The Balaban J connectivity index is 1.53. The maximum absolute atomic E-state index is 13.3. The molecular weight excluding hydrogens is 388 g/mol. The van der Waals surface area contributed by atoms with Crippen molar-refractivity contribution in [2.45, 2.75) is 45.4 Å². The van der Waals surface area contributed by atoms with Crippen molar-refractivity contribution in [2.24, 2.45) is 0 Å². The van der Waals surface area contributed by atoms with Crippen molar-refractivity contribution < 1.29 is 9.59 Å². The van der Waals surface area contributed by atoms with Gasteiger partial charge < -0.3 is 20.4 Å². The highest BCUT2D eigenvalue weighted by atomic mass is 16.2. The largest absolute Gasteiger partial charge is 0.371 e. The predicted molar refractivity (Wildman–Crippen MR) is 126 cm³/mol. The first-order valence-electron chi connectivity index (χ1n) is 11.5. The molecular formula is C25H32N4O2. The number of hydrogen-bond acceptors (Lipinski definition) is 3. The van der Waals surface area contributed by atoms with E-state index in [2.05, 4.69) is 22.5 Å². The molecule has 0 radical (unpaired) electrons. The molecule has 0 bridgehead atoms. The van der Waals surface area contributed by atoms with Crippen LogP contribution in [0.5, 0.6) is 0 Å². The molecule has 6 heteroatoms. The highest BCUT2D eigenvalue weighted by Crippen LogP contribution is 2.29. The van der Waals surface area contributed by atoms with Gasteiger partial charge in [0.05, 0.1) is 5.56 Å². The standard InChI is InChI=1S/C25H32N4O2/c1-2-19-9-8-10-20(17-19)26-25(31)27-21-11-12-23(28-13-4-3-5-14-28)22(18-21)24(30)29-15-6-7-16-29/h8-12,17-18H,2-7,13-16H2,1H3,(H2,26,27,31). The molecule has 164 valence electrons. The number of carbonyl (C=O) groups excluding carboxylic acids is 2. The van der Waals surface area contributed by atoms with Gasteiger partial charge in [-0.3, -0.25) is 4.79 Å². The third-order valence-electron chi connectivity index (χ3n) is 6.17. The van der Waals surface area contributed by atoms with E-state index >= 15 is 0 Å². The van der Waals surface area contributed by atoms with Gasteiger partial charge in [0.15, 0.2) is 0 Å². The Morgan fingerprint density at radius 3 is 2.23 bits per heavy atom. The van der Waals surface area contributed by atoms with Crippen molar-refractivity contribution in [2.75, 3.05) is 41.7 Å². The van der Waals surface area contributed by atoms with Gasteiger partial charge in [0.25, 0.3) is 5.91 Å². The molecule has 31 heavy (non-hydrogen) atoms. The first kappa shape index (κ1) is 21.2. The van der Waals surface area contributed by atoms with Gasteiger partial charge in [-0.1, -0.05) is 19.1 Å². The molecule has 6 nitrogen and oxygen atoms in total. The number of nitrogens with one attached hydrogen (secondary N) is 2. The van der Waals surface area contributed by atoms with Crippen LogP contribution >= 0.6 is 0 Å². The van der Waals surface area contributed by atoms with Gasteiger partial charge in [0, 0.05) is 43.2 Å². The summed E-state index contributed by atoms with van der Waals surface area (Å²) in [5.74, 6) is 0.0674. The second-order valence-corrected chi connectivity index (χ2v) is 8.41. The maximum Gasteiger partial charge on any atom is 0.323 e. The number of aryl methyl sites for hydroxylation is 1. The lowest BCUT2D eigenvalue weighted by Crippen LogP contribution is -2.34. The SMILES string of the molecule is CCc1cccc(NC(=O)Nc2ccc(N3CCCCC3)c(C(=O)N3CCCC3)c2)c1. The summed E-state index contributed by atoms with van der Waals surface area (Å²) in [5, 5.41) is 5.80. The number of amides is 3. The Kier molecular flexibility index (Phi) is 6.75. The maximum atomic E-state index is 13.3. The highest BCUT2D eigenvalue weighted by Gasteiger charge is 2.25. The van der Waals surface area contributed by atoms with E-state index in [1.54, 1.807) is 0 Å². The quantitative estimate of drug-likeness (QED) is 0.706. The topological polar surface area (TPSA) is 64.7 Å². The van der Waals surface area contributed by atoms with Crippen LogP contribution in [0.4, 0.5) is 21.9 Å². The summed E-state index contributed by atoms with van der Waals surface area (Å²) in [4.78, 5) is 30.1. The molecule has 2 saturated heterocycles. The normalized spacial score (nSPS) is 16.3. The van der Waals surface area contributed by atoms with Crippen molar-refractivity contribution >= 4 is 29.0 Å². The number of likely N-dealkylation sites (tertiary alicyclic amines) is 1. The zero-order chi connectivity index (χ0) is 21.6. The number of piperidine rings is 1. The summed E-state index contributed by atoms with van der Waals surface area (Å²) in [6, 6.07) is 13.2. The van der Waals surface area contributed by atoms with Gasteiger partial charge in [-0.25, -0.2) is 4.79 Å². The molecule has 0 atom stereocenters. The van der Waals surface area contributed by atoms with Crippen molar-refractivity contribution in [1.29, 1.82) is 0 Å². The summed E-state index contributed by atoms with van der Waals surface area (Å²) >= 11 is 0. The average Bonchev–Trinajstić information content (AvgIpc) is 3.34. The molecule has 0 spiro atoms. The number of rotatable bonds is 5. The van der Waals surface area contributed by atoms with Crippen LogP contribution in [0.15, 0.2) is 42.5 Å². The molecule has 2 aliphatic heterocycles. The number of anilines is 3. The van der Waals surface area contributed by atoms with E-state index in [9.17, 15) is 9.59 Å². The van der Waals surface area contributed by atoms with Crippen molar-refractivity contribution in [3.8, 4) is 0 Å². The Morgan fingerprint density at radius 1 is 0.839 bits per heavy atom. The summed E-state index contributed by atoms with van der Waals surface area (Å²) in [6.45, 7) is 5.65. The van der Waals surface area contributed by atoms with Gasteiger partial charge in [-0.15, -0.1) is 0 Å². The fourth-order valence-electron chi connectivity index (χ4n) is 4.45. The third-order valence-corrected chi connectivity index (χ3v) is 6.17. The highest BCUT2D eigenvalue weighted by molar-refractivity contribution is 6.04. The molecule has 2 heterocycles. The number of urea groups is 1. The molecule has 2 N–H and O–H groups in total. The molecule has 0 unspecified atom stereocenters. The Hall–Kier alpha value is -3.02. The van der Waals surface area contributed by atoms with Crippen LogP contribution in [0.25, 0.3) is 0 Å². The Bertz CT molecular complexity index is 931. The average molecular weight is 421 g/mol. The third kappa shape index (κ3) is 5.19. The minimum atomic E-state index is -0.307. The van der Waals surface area contributed by atoms with Gasteiger partial charge in [0.2, 0.25) is 0 Å². The minimum absolute atomic E-state index is 0.0674. The zero-order valence-corrected chi connectivity index (χ0v) is 18.3. The second kappa shape index (κ2) is 9.86. The van der Waals surface area contributed by atoms with Crippen LogP contribution in [0, 0.1) is 0 Å². The van der Waals surface area contributed by atoms with Gasteiger partial charge in [-0.05, 0) is 74.4 Å². The molecule has 2 aliphatic rings. The van der Waals surface area contributed by atoms with Crippen molar-refractivity contribution in [3.05, 3.63) is 53.6 Å². The molecule has 2 aromatic carbocycles. The predicted octanol–water partition coefficient (Wildman–Crippen LogP) is 5.12. The lowest BCUT2D eigenvalue weighted by Gasteiger charge is -2.31. The fraction of sp³-hybridized carbons (Fsp3) is 0.440. The lowest BCUT2D eigenvalue weighted by molar-refractivity contribution is 0.0793. The summed E-state index contributed by atoms with van der Waals surface area (Å²) in [6.07, 6.45) is 6.57. The van der Waals surface area contributed by atoms with Crippen LogP contribution in [0.2, 0.25) is 0 Å². The van der Waals surface area contributed by atoms with Crippen molar-refractivity contribution in [1.82, 2.24) is 4.90 Å². The minimum Gasteiger partial charge on any atom is -0.371 e. The van der Waals surface area contributed by atoms with E-state index in [0.717, 1.165) is 69.7 Å². The summed E-state index contributed by atoms with van der Waals surface area (Å²) in [5.41, 5.74) is 4.23. The molecule has 3 amide bonds. The van der Waals surface area contributed by atoms with E-state index in [0.29, 0.717) is 11.3 Å². The Labute approximate surface area is 184 Å². The lowest BCUT2D eigenvalue weighted by atomic mass is 10.1. The zero-order valence-electron chi connectivity index (χ0n) is 18.3. The summed E-state index contributed by atoms with van der Waals surface area (Å²) < 4.78 is 0. The number of carbonyl (C=O) groups is 2. The van der Waals surface area contributed by atoms with Crippen LogP contribution in [-0.2, 0) is 6.42 Å². The second-order valence-electron chi connectivity index (χ2n) is 8.41. The van der Waals surface area contributed by atoms with E-state index in [1.807, 2.05) is 47.4 Å². The van der Waals surface area contributed by atoms with Crippen LogP contribution in [0.1, 0.15) is 54.9 Å². The van der Waals surface area contributed by atoms with Gasteiger partial charge >= 0.3 is 6.03 Å². The van der Waals surface area contributed by atoms with Crippen LogP contribution in [-0.4, -0.2) is 43.0 Å². The van der Waals surface area contributed by atoms with E-state index in [1.165, 1.54) is 12.0 Å². The first-order valence-corrected chi connectivity index (χ1v) is 11.5. The van der Waals surface area contributed by atoms with E-state index < -0.39 is 0 Å². The van der Waals surface area contributed by atoms with E-state index in [4.69, 9.17) is 0 Å². The summed E-state index contributed by atoms with van der Waals surface area (Å²) in [7, 11) is 0. The fourth-order valence-corrected chi connectivity index (χ4v) is 4.45. The van der Waals surface area contributed by atoms with E-state index in [-0.39, 0.29) is 11.9 Å². The monoisotopic (exact) mass is 420 g/mol. The molecule has 2 aromatic rings. The van der Waals surface area contributed by atoms with Crippen LogP contribution < -0.4 is 15.5 Å². The van der Waals surface area contributed by atoms with Gasteiger partial charge in [-0.2, -0.15) is 0 Å². The van der Waals surface area contributed by atoms with Crippen molar-refractivity contribution in [3.63, 3.8) is 0 Å². The molecule has 0 aromatic heterocycles. The molecule has 2 fully saturated rings. The van der Waals surface area contributed by atoms with Crippen LogP contribution in [0.3, 0.4) is 0 Å². The molecule has 4 rings (SSSR count). The smallest absolute Gasteiger partial charge is 0.323 e. The number of benzene rings is 2. The number of nitrogens with zero attached hydrogens (tertiary/aromatic N) is 2. The first-order chi connectivity index (χ1) is 15.1. The van der Waals surface area contributed by atoms with Gasteiger partial charge in [0.1, 0.15) is 0 Å². The Morgan fingerprint density at radius 2 is 1.52 bits per heavy atom. The molecule has 0 saturated carbocycles. The molecule has 0 aliphatic carbocycles.